The zero-order valence-corrected chi connectivity index (χ0v) is 62.8. The molecule has 0 aliphatic carbocycles. The Bertz CT molecular complexity index is 5540. The zero-order chi connectivity index (χ0) is 68.8. The molecule has 13 aromatic rings. The molecule has 0 fully saturated rings. The van der Waals surface area contributed by atoms with Crippen molar-refractivity contribution in [3.05, 3.63) is 255 Å². The summed E-state index contributed by atoms with van der Waals surface area (Å²) in [6, 6.07) is 95.5. The summed E-state index contributed by atoms with van der Waals surface area (Å²) in [5.74, 6) is 6.57. The van der Waals surface area contributed by atoms with Gasteiger partial charge in [-0.2, -0.15) is 0 Å². The molecule has 13 aromatic carbocycles. The maximum absolute atomic E-state index is 7.66. The fourth-order valence-electron chi connectivity index (χ4n) is 19.4. The molecule has 9 aliphatic rings. The molecular weight excluding hydrogens is 1350 g/mol. The monoisotopic (exact) mass is 1410 g/mol. The van der Waals surface area contributed by atoms with E-state index in [-0.39, 0.29) is 20.1 Å². The molecule has 103 heavy (non-hydrogen) atoms. The van der Waals surface area contributed by atoms with Crippen LogP contribution >= 0.6 is 23.9 Å². The van der Waals surface area contributed by atoms with Crippen LogP contribution in [0.2, 0.25) is 39.3 Å². The van der Waals surface area contributed by atoms with Gasteiger partial charge in [-0.1, -0.05) is 197 Å². The maximum Gasteiger partial charge on any atom is 0.260 e. The van der Waals surface area contributed by atoms with Crippen LogP contribution in [0.25, 0.3) is 0 Å². The number of nitrogens with zero attached hydrogens (tertiary/aromatic N) is 5. The Labute approximate surface area is 612 Å². The number of hydrogen-bond donors (Lipinski definition) is 0. The van der Waals surface area contributed by atoms with Gasteiger partial charge in [0, 0.05) is 94.0 Å². The number of rotatable bonds is 5. The molecule has 9 heterocycles. The van der Waals surface area contributed by atoms with Gasteiger partial charge in [0.1, 0.15) is 70.2 Å². The molecule has 0 N–H and O–H groups in total. The van der Waals surface area contributed by atoms with Gasteiger partial charge >= 0.3 is 0 Å². The molecule has 0 bridgehead atoms. The van der Waals surface area contributed by atoms with Crippen molar-refractivity contribution in [3.63, 3.8) is 0 Å². The van der Waals surface area contributed by atoms with E-state index >= 15 is 0 Å². The predicted octanol–water partition coefficient (Wildman–Crippen LogP) is 12.9. The number of anilines is 13. The van der Waals surface area contributed by atoms with E-state index in [9.17, 15) is 0 Å². The molecular formula is C86H66B3N5O4S2Si3. The molecule has 0 atom stereocenters. The lowest BCUT2D eigenvalue weighted by Crippen LogP contribution is -2.65. The van der Waals surface area contributed by atoms with E-state index in [0.29, 0.717) is 0 Å². The second-order valence-electron chi connectivity index (χ2n) is 30.2. The molecule has 9 nitrogen and oxygen atoms in total. The maximum atomic E-state index is 7.66. The Balaban J connectivity index is 0.772. The Morgan fingerprint density at radius 3 is 0.835 bits per heavy atom. The summed E-state index contributed by atoms with van der Waals surface area (Å²) in [5.41, 5.74) is 25.1. The quantitative estimate of drug-likeness (QED) is 0.122. The van der Waals surface area contributed by atoms with Gasteiger partial charge < -0.3 is 33.6 Å². The van der Waals surface area contributed by atoms with Crippen molar-refractivity contribution >= 4 is 222 Å². The van der Waals surface area contributed by atoms with Crippen LogP contribution in [0.3, 0.4) is 0 Å². The lowest BCUT2D eigenvalue weighted by molar-refractivity contribution is 0.464. The van der Waals surface area contributed by atoms with Crippen LogP contribution in [-0.2, 0) is 0 Å². The van der Waals surface area contributed by atoms with Crippen molar-refractivity contribution in [1.82, 2.24) is 0 Å². The molecule has 0 amide bonds. The summed E-state index contributed by atoms with van der Waals surface area (Å²) in [6.45, 7) is 14.3. The first-order valence-electron chi connectivity index (χ1n) is 35.7. The van der Waals surface area contributed by atoms with Crippen molar-refractivity contribution in [2.24, 2.45) is 0 Å². The molecule has 0 spiro atoms. The third-order valence-corrected chi connectivity index (χ3v) is 36.1. The molecule has 0 saturated carbocycles. The van der Waals surface area contributed by atoms with Crippen LogP contribution in [-0.4, -0.2) is 56.9 Å². The smallest absolute Gasteiger partial charge is 0.260 e. The first-order valence-corrected chi connectivity index (χ1v) is 47.1. The van der Waals surface area contributed by atoms with Crippen molar-refractivity contribution in [3.8, 4) is 46.0 Å². The number of benzene rings is 13. The first-order chi connectivity index (χ1) is 50.3. The van der Waals surface area contributed by atoms with Crippen LogP contribution in [0, 0.1) is 0 Å². The van der Waals surface area contributed by atoms with Gasteiger partial charge in [-0.15, -0.1) is 0 Å². The highest BCUT2D eigenvalue weighted by molar-refractivity contribution is 8.00. The van der Waals surface area contributed by atoms with E-state index in [1.807, 2.05) is 0 Å². The fraction of sp³-hybridized carbons (Fsp3) is 0.0930. The first kappa shape index (κ1) is 60.2. The van der Waals surface area contributed by atoms with Crippen molar-refractivity contribution in [1.29, 1.82) is 0 Å². The van der Waals surface area contributed by atoms with E-state index in [0.717, 1.165) is 119 Å². The van der Waals surface area contributed by atoms with Crippen LogP contribution in [0.5, 0.6) is 46.0 Å². The van der Waals surface area contributed by atoms with Gasteiger partial charge in [-0.25, -0.2) is 0 Å². The molecule has 0 radical (unpaired) electrons. The summed E-state index contributed by atoms with van der Waals surface area (Å²) in [6.07, 6.45) is 4.46. The third-order valence-electron chi connectivity index (χ3n) is 24.0. The predicted molar refractivity (Wildman–Crippen MR) is 445 cm³/mol. The van der Waals surface area contributed by atoms with Crippen LogP contribution in [0.1, 0.15) is 0 Å². The van der Waals surface area contributed by atoms with Crippen LogP contribution < -0.4 is 123 Å². The fourth-order valence-corrected chi connectivity index (χ4v) is 29.8. The van der Waals surface area contributed by atoms with Crippen molar-refractivity contribution in [2.45, 2.75) is 39.3 Å². The van der Waals surface area contributed by atoms with Crippen molar-refractivity contribution in [2.75, 3.05) is 35.8 Å². The van der Waals surface area contributed by atoms with Gasteiger partial charge in [0.2, 0.25) is 0 Å². The summed E-state index contributed by atoms with van der Waals surface area (Å²) < 4.78 is 34.7. The Morgan fingerprint density at radius 1 is 0.243 bits per heavy atom. The summed E-state index contributed by atoms with van der Waals surface area (Å²) >= 11 is 3.50. The lowest BCUT2D eigenvalue weighted by Gasteiger charge is -2.46. The number of para-hydroxylation sites is 8. The van der Waals surface area contributed by atoms with Gasteiger partial charge in [0.15, 0.2) is 0 Å². The van der Waals surface area contributed by atoms with E-state index < -0.39 is 24.2 Å². The highest BCUT2D eigenvalue weighted by Crippen LogP contribution is 2.52. The van der Waals surface area contributed by atoms with Gasteiger partial charge in [0.25, 0.3) is 20.1 Å². The Morgan fingerprint density at radius 2 is 0.515 bits per heavy atom. The van der Waals surface area contributed by atoms with E-state index in [4.69, 9.17) is 18.9 Å². The lowest BCUT2D eigenvalue weighted by atomic mass is 9.30. The summed E-state index contributed by atoms with van der Waals surface area (Å²) in [7, 11) is -6.32. The highest BCUT2D eigenvalue weighted by Gasteiger charge is 2.52. The highest BCUT2D eigenvalue weighted by atomic mass is 32.2. The number of fused-ring (bicyclic) bond motifs is 18. The van der Waals surface area contributed by atoms with Gasteiger partial charge in [-0.3, -0.25) is 8.61 Å². The van der Waals surface area contributed by atoms with Crippen molar-refractivity contribution < 1.29 is 18.9 Å². The number of hydrogen-bond acceptors (Lipinski definition) is 11. The Hall–Kier alpha value is -10.4. The SMILES string of the molecule is CSN1c2cc3c(cc2B2c4cc5c(cc4N(SC)c4cc(N6c7ccccc7[Si](C)(C)c7ccccc76)cc1c42)Oc1cc(N2c4ccccc4[Si](C)(C)c4ccccc42)cc2c1B5c1ccccc1O2)B1c2ccccc2Oc2cc(N4c5ccccc5[Si](C)(C)c5ccccc54)cc(c21)O3. The average Bonchev–Trinajstić information content (AvgIpc) is 0.686. The van der Waals surface area contributed by atoms with E-state index in [2.05, 4.69) is 330 Å². The second-order valence-corrected chi connectivity index (χ2v) is 44.7. The summed E-state index contributed by atoms with van der Waals surface area (Å²) in [5, 5.41) is 8.46. The van der Waals surface area contributed by atoms with Crippen LogP contribution in [0.15, 0.2) is 255 Å². The molecule has 0 saturated heterocycles. The minimum absolute atomic E-state index is 0.204. The Kier molecular flexibility index (Phi) is 12.5. The van der Waals surface area contributed by atoms with E-state index in [1.165, 1.54) is 81.6 Å². The normalized spacial score (nSPS) is 16.2. The third kappa shape index (κ3) is 8.09. The van der Waals surface area contributed by atoms with Crippen LogP contribution in [0.4, 0.5) is 73.9 Å². The minimum Gasteiger partial charge on any atom is -0.458 e. The molecule has 492 valence electrons. The second kappa shape index (κ2) is 21.4. The molecule has 0 unspecified atom stereocenters. The van der Waals surface area contributed by atoms with E-state index in [1.54, 1.807) is 23.9 Å². The molecule has 9 aliphatic heterocycles. The zero-order valence-electron chi connectivity index (χ0n) is 58.2. The minimum atomic E-state index is -2.15. The van der Waals surface area contributed by atoms with Gasteiger partial charge in [0.05, 0.1) is 39.8 Å². The molecule has 22 rings (SSSR count). The summed E-state index contributed by atoms with van der Waals surface area (Å²) in [4.78, 5) is 7.44. The molecule has 17 heteroatoms. The molecule has 0 aromatic heterocycles. The average molecular weight is 1410 g/mol. The van der Waals surface area contributed by atoms with Gasteiger partial charge in [-0.05, 0) is 154 Å². The topological polar surface area (TPSA) is 53.1 Å². The largest absolute Gasteiger partial charge is 0.458 e. The number of ether oxygens (including phenoxy) is 4. The standard InChI is InChI=1S/C86H66B3N5O4S2Si3/c1-99-93-66-49-72-58(87-54-25-9-17-33-70(54)95-74-43-52(45-76(97-72)85(74)87)91-62-29-13-21-37-80(62)102(5,6)81-38-22-14-30-63(81)91)47-56(66)89-57-48-59-73(50-67(57)94(100-2)69-42-51(41-68(93)84(69)89)90-60-27-11-19-35-78(60)101(3,4)79-36-20-12-28-61(79)90)98-77-46-53(44-75-86(77)88(59)55-26-10-18-34-71(55)96-75)92-64-31-15-23-39-82(64)103(7,8)83-40-24-16-32-65(83)92/h9-50H,1-8H3.